The normalized spacial score (nSPS) is 11.5. The standard InChI is InChI=1S/C26H33N4.C2HF3O2/c1-21-17-24(10-6-5-9-23-12-14-26(15-13-23)29(3)4)18-22(2)30(21)16-8-7-11-25-19-27-20-28-25;3-2(4,5)1(6)7/h5-6,9-10,12-15,17-20H,7-8,11,16H2,1-4H3,(H,27,28);(H,6,7)/q+1;/p-1. The highest BCUT2D eigenvalue weighted by molar-refractivity contribution is 5.70. The van der Waals surface area contributed by atoms with Gasteiger partial charge in [-0.25, -0.2) is 9.55 Å². The number of hydrogen-bond acceptors (Lipinski definition) is 4. The minimum Gasteiger partial charge on any atom is -0.542 e. The molecule has 0 fully saturated rings. The van der Waals surface area contributed by atoms with Crippen LogP contribution in [0.4, 0.5) is 18.9 Å². The highest BCUT2D eigenvalue weighted by Crippen LogP contribution is 2.14. The van der Waals surface area contributed by atoms with E-state index in [0.29, 0.717) is 0 Å². The zero-order valence-electron chi connectivity index (χ0n) is 21.5. The van der Waals surface area contributed by atoms with Crippen LogP contribution in [0, 0.1) is 13.8 Å². The first kappa shape index (κ1) is 29.4. The number of anilines is 1. The number of nitrogens with one attached hydrogen (secondary N) is 1. The molecule has 1 N–H and O–H groups in total. The Morgan fingerprint density at radius 2 is 1.59 bits per heavy atom. The summed E-state index contributed by atoms with van der Waals surface area (Å²) in [5.74, 6) is -3.01. The van der Waals surface area contributed by atoms with Crippen molar-refractivity contribution in [3.63, 3.8) is 0 Å². The Hall–Kier alpha value is -3.88. The predicted molar refractivity (Wildman–Crippen MR) is 138 cm³/mol. The van der Waals surface area contributed by atoms with E-state index in [9.17, 15) is 13.2 Å². The number of benzene rings is 1. The maximum Gasteiger partial charge on any atom is 0.430 e. The third kappa shape index (κ3) is 10.3. The number of pyridine rings is 1. The van der Waals surface area contributed by atoms with Gasteiger partial charge in [0.05, 0.1) is 6.33 Å². The lowest BCUT2D eigenvalue weighted by Gasteiger charge is -2.11. The van der Waals surface area contributed by atoms with Gasteiger partial charge in [-0.1, -0.05) is 36.4 Å². The first-order chi connectivity index (χ1) is 17.5. The minimum atomic E-state index is -5.19. The number of halogens is 3. The summed E-state index contributed by atoms with van der Waals surface area (Å²) in [6.07, 6.45) is 10.4. The first-order valence-electron chi connectivity index (χ1n) is 11.9. The van der Waals surface area contributed by atoms with E-state index in [2.05, 4.69) is 108 Å². The number of rotatable bonds is 9. The van der Waals surface area contributed by atoms with Crippen LogP contribution in [0.2, 0.25) is 0 Å². The van der Waals surface area contributed by atoms with E-state index in [-0.39, 0.29) is 0 Å². The number of carboxylic acid groups (broad SMARTS) is 1. The van der Waals surface area contributed by atoms with Gasteiger partial charge in [0, 0.05) is 64.1 Å². The number of aromatic amines is 1. The van der Waals surface area contributed by atoms with Crippen LogP contribution in [0.3, 0.4) is 0 Å². The van der Waals surface area contributed by atoms with Crippen molar-refractivity contribution in [2.75, 3.05) is 19.0 Å². The van der Waals surface area contributed by atoms with E-state index >= 15 is 0 Å². The average Bonchev–Trinajstić information content (AvgIpc) is 3.34. The molecular formula is C28H33F3N4O2. The molecule has 0 aliphatic heterocycles. The van der Waals surface area contributed by atoms with Gasteiger partial charge in [0.1, 0.15) is 12.5 Å². The molecule has 0 amide bonds. The highest BCUT2D eigenvalue weighted by Gasteiger charge is 2.28. The summed E-state index contributed by atoms with van der Waals surface area (Å²) in [6.45, 7) is 5.45. The number of allylic oxidation sites excluding steroid dienone is 2. The fraction of sp³-hybridized carbons (Fsp3) is 0.321. The van der Waals surface area contributed by atoms with Crippen LogP contribution in [0.25, 0.3) is 12.2 Å². The number of nitrogens with zero attached hydrogens (tertiary/aromatic N) is 3. The van der Waals surface area contributed by atoms with E-state index in [4.69, 9.17) is 9.90 Å². The molecule has 2 aromatic heterocycles. The van der Waals surface area contributed by atoms with Gasteiger partial charge in [-0.05, 0) is 36.1 Å². The SMILES string of the molecule is Cc1cc(/C=C/C=C/c2ccc(N(C)C)cc2)cc(C)[n+]1CCCCc1cnc[nH]1.O=C([O-])C(F)(F)F. The molecule has 198 valence electrons. The van der Waals surface area contributed by atoms with Crippen LogP contribution in [0.1, 0.15) is 41.1 Å². The predicted octanol–water partition coefficient (Wildman–Crippen LogP) is 4.43. The van der Waals surface area contributed by atoms with Crippen molar-refractivity contribution in [1.29, 1.82) is 0 Å². The number of imidazole rings is 1. The van der Waals surface area contributed by atoms with Crippen molar-refractivity contribution in [2.24, 2.45) is 0 Å². The second-order valence-corrected chi connectivity index (χ2v) is 8.75. The Labute approximate surface area is 215 Å². The molecule has 0 bridgehead atoms. The van der Waals surface area contributed by atoms with Gasteiger partial charge in [-0.2, -0.15) is 13.2 Å². The molecule has 6 nitrogen and oxygen atoms in total. The molecule has 0 aliphatic carbocycles. The summed E-state index contributed by atoms with van der Waals surface area (Å²) in [6, 6.07) is 13.1. The van der Waals surface area contributed by atoms with Crippen molar-refractivity contribution in [1.82, 2.24) is 9.97 Å². The molecule has 1 aromatic carbocycles. The Morgan fingerprint density at radius 1 is 1.03 bits per heavy atom. The second kappa shape index (κ2) is 14.0. The van der Waals surface area contributed by atoms with Gasteiger partial charge >= 0.3 is 6.18 Å². The van der Waals surface area contributed by atoms with Crippen molar-refractivity contribution in [3.8, 4) is 0 Å². The molecular weight excluding hydrogens is 481 g/mol. The van der Waals surface area contributed by atoms with E-state index in [1.54, 1.807) is 6.33 Å². The molecule has 0 atom stereocenters. The van der Waals surface area contributed by atoms with E-state index in [1.807, 2.05) is 6.20 Å². The lowest BCUT2D eigenvalue weighted by atomic mass is 10.1. The van der Waals surface area contributed by atoms with Crippen LogP contribution >= 0.6 is 0 Å². The maximum absolute atomic E-state index is 10.5. The molecule has 0 radical (unpaired) electrons. The Morgan fingerprint density at radius 3 is 2.08 bits per heavy atom. The van der Waals surface area contributed by atoms with Gasteiger partial charge in [0.2, 0.25) is 0 Å². The minimum absolute atomic E-state index is 1.05. The molecule has 9 heteroatoms. The van der Waals surface area contributed by atoms with E-state index in [0.717, 1.165) is 25.8 Å². The molecule has 0 saturated heterocycles. The quantitative estimate of drug-likeness (QED) is 0.261. The number of aryl methyl sites for hydroxylation is 3. The third-order valence-electron chi connectivity index (χ3n) is 5.56. The number of alkyl halides is 3. The molecule has 3 aromatic rings. The Balaban J connectivity index is 0.000000604. The topological polar surface area (TPSA) is 75.9 Å². The number of H-pyrrole nitrogens is 1. The lowest BCUT2D eigenvalue weighted by Crippen LogP contribution is -2.40. The zero-order chi connectivity index (χ0) is 27.4. The molecule has 0 aliphatic rings. The molecule has 0 spiro atoms. The number of carbonyl (C=O) groups excluding carboxylic acids is 1. The van der Waals surface area contributed by atoms with Crippen molar-refractivity contribution >= 4 is 23.8 Å². The van der Waals surface area contributed by atoms with Crippen LogP contribution in [0.15, 0.2) is 61.1 Å². The van der Waals surface area contributed by atoms with Crippen LogP contribution in [-0.2, 0) is 17.8 Å². The molecule has 3 rings (SSSR count). The summed E-state index contributed by atoms with van der Waals surface area (Å²) >= 11 is 0. The molecule has 37 heavy (non-hydrogen) atoms. The smallest absolute Gasteiger partial charge is 0.430 e. The van der Waals surface area contributed by atoms with E-state index in [1.165, 1.54) is 33.9 Å². The number of carboxylic acids is 1. The van der Waals surface area contributed by atoms with Gasteiger partial charge in [0.15, 0.2) is 11.4 Å². The molecule has 0 saturated carbocycles. The fourth-order valence-electron chi connectivity index (χ4n) is 3.63. The summed E-state index contributed by atoms with van der Waals surface area (Å²) in [5.41, 5.74) is 7.49. The largest absolute Gasteiger partial charge is 0.542 e. The van der Waals surface area contributed by atoms with Crippen molar-refractivity contribution in [3.05, 3.63) is 89.3 Å². The monoisotopic (exact) mass is 514 g/mol. The van der Waals surface area contributed by atoms with Crippen molar-refractivity contribution < 1.29 is 27.6 Å². The third-order valence-corrected chi connectivity index (χ3v) is 5.56. The Bertz CT molecular complexity index is 1160. The summed E-state index contributed by atoms with van der Waals surface area (Å²) < 4.78 is 34.0. The second-order valence-electron chi connectivity index (χ2n) is 8.75. The lowest BCUT2D eigenvalue weighted by molar-refractivity contribution is -0.709. The van der Waals surface area contributed by atoms with Gasteiger partial charge in [0.25, 0.3) is 0 Å². The Kier molecular flexibility index (Phi) is 11.1. The molecule has 0 unspecified atom stereocenters. The summed E-state index contributed by atoms with van der Waals surface area (Å²) in [4.78, 5) is 18.2. The van der Waals surface area contributed by atoms with Gasteiger partial charge in [-0.3, -0.25) is 0 Å². The van der Waals surface area contributed by atoms with Gasteiger partial charge < -0.3 is 19.8 Å². The number of unbranched alkanes of at least 4 members (excludes halogenated alkanes) is 1. The van der Waals surface area contributed by atoms with Crippen LogP contribution in [0.5, 0.6) is 0 Å². The summed E-state index contributed by atoms with van der Waals surface area (Å²) in [7, 11) is 4.12. The number of aliphatic carboxylic acids is 1. The molecule has 2 heterocycles. The van der Waals surface area contributed by atoms with Crippen LogP contribution < -0.4 is 14.6 Å². The zero-order valence-corrected chi connectivity index (χ0v) is 21.5. The average molecular weight is 515 g/mol. The maximum atomic E-state index is 10.5. The highest BCUT2D eigenvalue weighted by atomic mass is 19.4. The van der Waals surface area contributed by atoms with Gasteiger partial charge in [-0.15, -0.1) is 0 Å². The fourth-order valence-corrected chi connectivity index (χ4v) is 3.63. The van der Waals surface area contributed by atoms with Crippen LogP contribution in [-0.4, -0.2) is 36.2 Å². The first-order valence-corrected chi connectivity index (χ1v) is 11.9. The number of carbonyl (C=O) groups is 1. The number of aromatic nitrogens is 3. The summed E-state index contributed by atoms with van der Waals surface area (Å²) in [5, 5.41) is 8.78. The van der Waals surface area contributed by atoms with Crippen molar-refractivity contribution in [2.45, 2.75) is 45.8 Å². The van der Waals surface area contributed by atoms with E-state index < -0.39 is 12.1 Å². The number of hydrogen-bond donors (Lipinski definition) is 1.